The Balaban J connectivity index is 2.33. The molecule has 2 aromatic rings. The van der Waals surface area contributed by atoms with E-state index in [1.807, 2.05) is 38.1 Å². The van der Waals surface area contributed by atoms with E-state index in [0.717, 1.165) is 11.4 Å². The molecular weight excluding hydrogens is 226 g/mol. The first kappa shape index (κ1) is 12.6. The molecule has 3 nitrogen and oxygen atoms in total. The van der Waals surface area contributed by atoms with Crippen LogP contribution in [0.1, 0.15) is 22.4 Å². The summed E-state index contributed by atoms with van der Waals surface area (Å²) in [6.07, 6.45) is 1.64. The lowest BCUT2D eigenvalue weighted by Gasteiger charge is -2.11. The highest BCUT2D eigenvalue weighted by Crippen LogP contribution is 2.27. The molecule has 0 saturated heterocycles. The van der Waals surface area contributed by atoms with Gasteiger partial charge in [-0.15, -0.1) is 0 Å². The molecule has 1 aromatic carbocycles. The molecule has 0 amide bonds. The molecule has 94 valence electrons. The molecule has 0 radical (unpaired) electrons. The van der Waals surface area contributed by atoms with Gasteiger partial charge >= 0.3 is 0 Å². The number of aliphatic hydroxyl groups excluding tert-OH is 1. The first-order chi connectivity index (χ1) is 8.60. The molecule has 0 aliphatic carbocycles. The van der Waals surface area contributed by atoms with Gasteiger partial charge in [0.05, 0.1) is 6.61 Å². The van der Waals surface area contributed by atoms with Crippen LogP contribution in [0, 0.1) is 20.8 Å². The normalized spacial score (nSPS) is 10.4. The molecule has 1 aromatic heterocycles. The zero-order valence-electron chi connectivity index (χ0n) is 10.9. The summed E-state index contributed by atoms with van der Waals surface area (Å²) in [6, 6.07) is 7.78. The number of pyridine rings is 1. The molecule has 0 aliphatic rings. The molecule has 0 saturated carbocycles. The fourth-order valence-electron chi connectivity index (χ4n) is 1.68. The largest absolute Gasteiger partial charge is 0.457 e. The van der Waals surface area contributed by atoms with Crippen LogP contribution in [0.25, 0.3) is 0 Å². The van der Waals surface area contributed by atoms with Crippen molar-refractivity contribution in [3.63, 3.8) is 0 Å². The van der Waals surface area contributed by atoms with Gasteiger partial charge in [-0.05, 0) is 44.0 Å². The van der Waals surface area contributed by atoms with Crippen molar-refractivity contribution < 1.29 is 9.84 Å². The van der Waals surface area contributed by atoms with E-state index >= 15 is 0 Å². The minimum absolute atomic E-state index is 0.0759. The van der Waals surface area contributed by atoms with Gasteiger partial charge in [-0.1, -0.05) is 6.07 Å². The van der Waals surface area contributed by atoms with Crippen molar-refractivity contribution >= 4 is 0 Å². The Morgan fingerprint density at radius 1 is 1.11 bits per heavy atom. The lowest BCUT2D eigenvalue weighted by Crippen LogP contribution is -1.95. The Morgan fingerprint density at radius 2 is 1.89 bits per heavy atom. The molecule has 0 unspecified atom stereocenters. The second-order valence-corrected chi connectivity index (χ2v) is 4.44. The van der Waals surface area contributed by atoms with Gasteiger partial charge < -0.3 is 9.84 Å². The molecule has 0 atom stereocenters. The first-order valence-electron chi connectivity index (χ1n) is 5.91. The van der Waals surface area contributed by atoms with Crippen molar-refractivity contribution in [2.75, 3.05) is 0 Å². The van der Waals surface area contributed by atoms with Crippen LogP contribution in [0.2, 0.25) is 0 Å². The predicted octanol–water partition coefficient (Wildman–Crippen LogP) is 3.29. The van der Waals surface area contributed by atoms with Crippen molar-refractivity contribution in [2.24, 2.45) is 0 Å². The maximum atomic E-state index is 9.27. The summed E-state index contributed by atoms with van der Waals surface area (Å²) < 4.78 is 5.82. The Hall–Kier alpha value is -1.87. The summed E-state index contributed by atoms with van der Waals surface area (Å²) in [5.74, 6) is 1.44. The first-order valence-corrected chi connectivity index (χ1v) is 5.91. The average Bonchev–Trinajstić information content (AvgIpc) is 2.34. The van der Waals surface area contributed by atoms with E-state index < -0.39 is 0 Å². The van der Waals surface area contributed by atoms with Gasteiger partial charge in [-0.3, -0.25) is 4.98 Å². The standard InChI is InChI=1S/C15H17NO2/c1-10-4-5-14(6-11(10)2)18-15-7-12(3)16-8-13(15)9-17/h4-8,17H,9H2,1-3H3. The molecule has 1 N–H and O–H groups in total. The number of ether oxygens (including phenoxy) is 1. The van der Waals surface area contributed by atoms with Gasteiger partial charge in [0.25, 0.3) is 0 Å². The van der Waals surface area contributed by atoms with E-state index in [-0.39, 0.29) is 6.61 Å². The molecule has 1 heterocycles. The SMILES string of the molecule is Cc1cc(Oc2ccc(C)c(C)c2)c(CO)cn1. The third-order valence-corrected chi connectivity index (χ3v) is 2.96. The van der Waals surface area contributed by atoms with Crippen LogP contribution < -0.4 is 4.74 Å². The van der Waals surface area contributed by atoms with Crippen molar-refractivity contribution in [2.45, 2.75) is 27.4 Å². The lowest BCUT2D eigenvalue weighted by atomic mass is 10.1. The smallest absolute Gasteiger partial charge is 0.136 e. The minimum atomic E-state index is -0.0759. The summed E-state index contributed by atoms with van der Waals surface area (Å²) in [6.45, 7) is 5.93. The number of aryl methyl sites for hydroxylation is 3. The number of hydrogen-bond acceptors (Lipinski definition) is 3. The van der Waals surface area contributed by atoms with Crippen molar-refractivity contribution in [3.05, 3.63) is 52.8 Å². The van der Waals surface area contributed by atoms with Crippen LogP contribution in [-0.4, -0.2) is 10.1 Å². The quantitative estimate of drug-likeness (QED) is 0.899. The maximum Gasteiger partial charge on any atom is 0.136 e. The van der Waals surface area contributed by atoms with Crippen molar-refractivity contribution in [1.29, 1.82) is 0 Å². The predicted molar refractivity (Wildman–Crippen MR) is 70.9 cm³/mol. The molecule has 0 bridgehead atoms. The van der Waals surface area contributed by atoms with E-state index in [1.165, 1.54) is 11.1 Å². The van der Waals surface area contributed by atoms with Crippen LogP contribution in [-0.2, 0) is 6.61 Å². The summed E-state index contributed by atoms with van der Waals surface area (Å²) in [5.41, 5.74) is 3.98. The van der Waals surface area contributed by atoms with E-state index in [0.29, 0.717) is 11.3 Å². The fourth-order valence-corrected chi connectivity index (χ4v) is 1.68. The topological polar surface area (TPSA) is 42.4 Å². The van der Waals surface area contributed by atoms with Gasteiger partial charge in [0, 0.05) is 23.5 Å². The maximum absolute atomic E-state index is 9.27. The Labute approximate surface area is 107 Å². The number of hydrogen-bond donors (Lipinski definition) is 1. The van der Waals surface area contributed by atoms with Crippen molar-refractivity contribution in [3.8, 4) is 11.5 Å². The minimum Gasteiger partial charge on any atom is -0.457 e. The van der Waals surface area contributed by atoms with Gasteiger partial charge in [-0.2, -0.15) is 0 Å². The third-order valence-electron chi connectivity index (χ3n) is 2.96. The summed E-state index contributed by atoms with van der Waals surface area (Å²) in [4.78, 5) is 4.14. The second kappa shape index (κ2) is 5.19. The Kier molecular flexibility index (Phi) is 3.63. The van der Waals surface area contributed by atoms with Crippen molar-refractivity contribution in [1.82, 2.24) is 4.98 Å². The van der Waals surface area contributed by atoms with E-state index in [2.05, 4.69) is 11.9 Å². The van der Waals surface area contributed by atoms with Crippen LogP contribution in [0.15, 0.2) is 30.5 Å². The number of aliphatic hydroxyl groups is 1. The van der Waals surface area contributed by atoms with Crippen LogP contribution >= 0.6 is 0 Å². The molecule has 2 rings (SSSR count). The molecule has 0 aliphatic heterocycles. The second-order valence-electron chi connectivity index (χ2n) is 4.44. The molecule has 0 fully saturated rings. The third kappa shape index (κ3) is 2.68. The number of benzene rings is 1. The van der Waals surface area contributed by atoms with E-state index in [1.54, 1.807) is 6.20 Å². The van der Waals surface area contributed by atoms with Gasteiger partial charge in [0.2, 0.25) is 0 Å². The molecule has 3 heteroatoms. The highest BCUT2D eigenvalue weighted by molar-refractivity contribution is 5.40. The van der Waals surface area contributed by atoms with E-state index in [9.17, 15) is 5.11 Å². The monoisotopic (exact) mass is 243 g/mol. The van der Waals surface area contributed by atoms with Crippen LogP contribution in [0.5, 0.6) is 11.5 Å². The molecular formula is C15H17NO2. The molecule has 0 spiro atoms. The zero-order valence-corrected chi connectivity index (χ0v) is 10.9. The summed E-state index contributed by atoms with van der Waals surface area (Å²) in [5, 5.41) is 9.27. The summed E-state index contributed by atoms with van der Waals surface area (Å²) >= 11 is 0. The number of rotatable bonds is 3. The average molecular weight is 243 g/mol. The van der Waals surface area contributed by atoms with Crippen LogP contribution in [0.4, 0.5) is 0 Å². The Bertz CT molecular complexity index is 564. The van der Waals surface area contributed by atoms with Crippen LogP contribution in [0.3, 0.4) is 0 Å². The zero-order chi connectivity index (χ0) is 13.1. The number of aromatic nitrogens is 1. The van der Waals surface area contributed by atoms with Gasteiger partial charge in [0.1, 0.15) is 11.5 Å². The fraction of sp³-hybridized carbons (Fsp3) is 0.267. The lowest BCUT2D eigenvalue weighted by molar-refractivity contribution is 0.276. The number of nitrogens with zero attached hydrogens (tertiary/aromatic N) is 1. The molecule has 18 heavy (non-hydrogen) atoms. The van der Waals surface area contributed by atoms with Gasteiger partial charge in [-0.25, -0.2) is 0 Å². The van der Waals surface area contributed by atoms with E-state index in [4.69, 9.17) is 4.74 Å². The highest BCUT2D eigenvalue weighted by Gasteiger charge is 2.06. The summed E-state index contributed by atoms with van der Waals surface area (Å²) in [7, 11) is 0. The highest BCUT2D eigenvalue weighted by atomic mass is 16.5. The van der Waals surface area contributed by atoms with Gasteiger partial charge in [0.15, 0.2) is 0 Å². The Morgan fingerprint density at radius 3 is 2.56 bits per heavy atom.